The molecule has 2 aromatic heterocycles. The molecule has 3 aliphatic rings. The zero-order valence-corrected chi connectivity index (χ0v) is 15.2. The lowest BCUT2D eigenvalue weighted by Crippen LogP contribution is -2.35. The highest BCUT2D eigenvalue weighted by molar-refractivity contribution is 6.24. The van der Waals surface area contributed by atoms with Gasteiger partial charge in [0.25, 0.3) is 17.8 Å². The van der Waals surface area contributed by atoms with Gasteiger partial charge in [0.15, 0.2) is 5.69 Å². The van der Waals surface area contributed by atoms with E-state index in [9.17, 15) is 9.59 Å². The van der Waals surface area contributed by atoms with E-state index in [1.54, 1.807) is 26.1 Å². The third-order valence-electron chi connectivity index (χ3n) is 4.69. The number of carbonyl (C=O) groups is 2. The van der Waals surface area contributed by atoms with Crippen LogP contribution in [0.5, 0.6) is 0 Å². The van der Waals surface area contributed by atoms with Crippen molar-refractivity contribution in [2.45, 2.75) is 25.7 Å². The molecule has 0 spiro atoms. The summed E-state index contributed by atoms with van der Waals surface area (Å²) >= 11 is 0. The largest absolute Gasteiger partial charge is 0.360 e. The lowest BCUT2D eigenvalue weighted by atomic mass is 10.1. The molecule has 1 saturated carbocycles. The average Bonchev–Trinajstić information content (AvgIpc) is 3.09. The van der Waals surface area contributed by atoms with Crippen molar-refractivity contribution in [3.05, 3.63) is 29.3 Å². The molecule has 0 aromatic carbocycles. The number of rotatable bonds is 3. The van der Waals surface area contributed by atoms with Crippen molar-refractivity contribution in [1.29, 1.82) is 0 Å². The fourth-order valence-corrected chi connectivity index (χ4v) is 3.08. The summed E-state index contributed by atoms with van der Waals surface area (Å²) in [6.45, 7) is 1.76. The van der Waals surface area contributed by atoms with Gasteiger partial charge in [0.05, 0.1) is 5.69 Å². The van der Waals surface area contributed by atoms with E-state index < -0.39 is 11.8 Å². The van der Waals surface area contributed by atoms with Crippen LogP contribution in [0.15, 0.2) is 31.7 Å². The van der Waals surface area contributed by atoms with Gasteiger partial charge in [-0.05, 0) is 19.8 Å². The fraction of sp³-hybridized carbons (Fsp3) is 0.353. The maximum Gasteiger partial charge on any atom is 0.279 e. The SMILES string of the molecule is Cc1cc(NC(=O)c2cc(C3CC3)on2)n(C2=NC(=O)C3C=NN(C)C3=N2)n1. The number of hydrogen-bond acceptors (Lipinski definition) is 8. The number of nitrogens with zero attached hydrogens (tertiary/aromatic N) is 7. The van der Waals surface area contributed by atoms with Crippen molar-refractivity contribution in [2.75, 3.05) is 12.4 Å². The zero-order valence-electron chi connectivity index (χ0n) is 15.2. The Balaban J connectivity index is 1.43. The van der Waals surface area contributed by atoms with Crippen LogP contribution < -0.4 is 5.32 Å². The highest BCUT2D eigenvalue weighted by Gasteiger charge is 2.35. The lowest BCUT2D eigenvalue weighted by molar-refractivity contribution is -0.118. The number of fused-ring (bicyclic) bond motifs is 1. The third kappa shape index (κ3) is 2.71. The van der Waals surface area contributed by atoms with Crippen molar-refractivity contribution in [1.82, 2.24) is 19.9 Å². The van der Waals surface area contributed by atoms with Gasteiger partial charge in [-0.25, -0.2) is 0 Å². The number of aromatic nitrogens is 3. The monoisotopic (exact) mass is 380 g/mol. The number of aliphatic imine (C=N–C) groups is 2. The van der Waals surface area contributed by atoms with E-state index in [2.05, 4.69) is 30.7 Å². The maximum atomic E-state index is 12.6. The van der Waals surface area contributed by atoms with Crippen molar-refractivity contribution >= 4 is 35.6 Å². The molecule has 11 heteroatoms. The number of amidine groups is 1. The van der Waals surface area contributed by atoms with Crippen LogP contribution in [0.25, 0.3) is 0 Å². The van der Waals surface area contributed by atoms with Gasteiger partial charge in [-0.3, -0.25) is 14.6 Å². The first kappa shape index (κ1) is 16.5. The van der Waals surface area contributed by atoms with E-state index in [-0.39, 0.29) is 17.6 Å². The van der Waals surface area contributed by atoms with Crippen molar-refractivity contribution in [2.24, 2.45) is 21.0 Å². The Morgan fingerprint density at radius 3 is 2.89 bits per heavy atom. The van der Waals surface area contributed by atoms with Crippen LogP contribution in [-0.2, 0) is 4.79 Å². The predicted octanol–water partition coefficient (Wildman–Crippen LogP) is 0.999. The summed E-state index contributed by atoms with van der Waals surface area (Å²) in [5.74, 6) is 0.531. The molecule has 0 saturated heterocycles. The molecule has 1 unspecified atom stereocenters. The van der Waals surface area contributed by atoms with Gasteiger partial charge >= 0.3 is 0 Å². The number of anilines is 1. The first-order valence-electron chi connectivity index (χ1n) is 8.83. The molecular formula is C17H16N8O3. The lowest BCUT2D eigenvalue weighted by Gasteiger charge is -2.17. The number of carbonyl (C=O) groups excluding carboxylic acids is 2. The minimum atomic E-state index is -0.584. The molecule has 0 radical (unpaired) electrons. The summed E-state index contributed by atoms with van der Waals surface area (Å²) in [5.41, 5.74) is 0.812. The molecule has 0 bridgehead atoms. The van der Waals surface area contributed by atoms with Crippen LogP contribution in [0, 0.1) is 12.8 Å². The van der Waals surface area contributed by atoms with Gasteiger partial charge in [-0.2, -0.15) is 24.9 Å². The third-order valence-corrected chi connectivity index (χ3v) is 4.69. The summed E-state index contributed by atoms with van der Waals surface area (Å²) in [7, 11) is 1.70. The van der Waals surface area contributed by atoms with Gasteiger partial charge in [-0.1, -0.05) is 5.16 Å². The smallest absolute Gasteiger partial charge is 0.279 e. The molecular weight excluding hydrogens is 364 g/mol. The molecule has 4 heterocycles. The van der Waals surface area contributed by atoms with Gasteiger partial charge in [0.1, 0.15) is 23.3 Å². The van der Waals surface area contributed by atoms with E-state index >= 15 is 0 Å². The highest BCUT2D eigenvalue weighted by atomic mass is 16.5. The second-order valence-electron chi connectivity index (χ2n) is 6.91. The summed E-state index contributed by atoms with van der Waals surface area (Å²) in [6, 6.07) is 3.31. The van der Waals surface area contributed by atoms with Crippen LogP contribution in [0.2, 0.25) is 0 Å². The summed E-state index contributed by atoms with van der Waals surface area (Å²) in [6.07, 6.45) is 3.60. The Labute approximate surface area is 158 Å². The molecule has 1 atom stereocenters. The topological polar surface area (TPSA) is 130 Å². The van der Waals surface area contributed by atoms with Crippen LogP contribution in [0.3, 0.4) is 0 Å². The van der Waals surface area contributed by atoms with Gasteiger partial charge in [0.2, 0.25) is 0 Å². The predicted molar refractivity (Wildman–Crippen MR) is 98.4 cm³/mol. The molecule has 5 rings (SSSR count). The molecule has 28 heavy (non-hydrogen) atoms. The van der Waals surface area contributed by atoms with Gasteiger partial charge in [0, 0.05) is 31.3 Å². The van der Waals surface area contributed by atoms with E-state index in [1.807, 2.05) is 0 Å². The van der Waals surface area contributed by atoms with Gasteiger partial charge < -0.3 is 9.84 Å². The first-order chi connectivity index (χ1) is 13.5. The zero-order chi connectivity index (χ0) is 19.4. The van der Waals surface area contributed by atoms with E-state index in [1.165, 1.54) is 15.9 Å². The second kappa shape index (κ2) is 5.94. The van der Waals surface area contributed by atoms with Gasteiger partial charge in [-0.15, -0.1) is 0 Å². The summed E-state index contributed by atoms with van der Waals surface area (Å²) in [4.78, 5) is 33.3. The number of amides is 2. The summed E-state index contributed by atoms with van der Waals surface area (Å²) < 4.78 is 6.55. The maximum absolute atomic E-state index is 12.6. The highest BCUT2D eigenvalue weighted by Crippen LogP contribution is 2.40. The first-order valence-corrected chi connectivity index (χ1v) is 8.83. The normalized spacial score (nSPS) is 20.9. The number of aryl methyl sites for hydroxylation is 1. The molecule has 2 aliphatic heterocycles. The quantitative estimate of drug-likeness (QED) is 0.845. The number of hydrazone groups is 1. The van der Waals surface area contributed by atoms with Crippen molar-refractivity contribution in [3.63, 3.8) is 0 Å². The van der Waals surface area contributed by atoms with E-state index in [0.717, 1.165) is 18.6 Å². The van der Waals surface area contributed by atoms with Crippen molar-refractivity contribution < 1.29 is 14.1 Å². The Morgan fingerprint density at radius 2 is 2.11 bits per heavy atom. The molecule has 1 N–H and O–H groups in total. The van der Waals surface area contributed by atoms with E-state index in [0.29, 0.717) is 23.3 Å². The molecule has 1 aliphatic carbocycles. The Hall–Kier alpha value is -3.63. The van der Waals surface area contributed by atoms with Crippen LogP contribution in [0.1, 0.15) is 40.7 Å². The number of hydrogen-bond donors (Lipinski definition) is 1. The van der Waals surface area contributed by atoms with Crippen LogP contribution in [0.4, 0.5) is 5.82 Å². The van der Waals surface area contributed by atoms with E-state index in [4.69, 9.17) is 4.52 Å². The molecule has 2 aromatic rings. The van der Waals surface area contributed by atoms with Crippen LogP contribution in [-0.4, -0.2) is 56.8 Å². The Morgan fingerprint density at radius 1 is 1.29 bits per heavy atom. The Kier molecular flexibility index (Phi) is 3.51. The fourth-order valence-electron chi connectivity index (χ4n) is 3.08. The molecule has 11 nitrogen and oxygen atoms in total. The standard InChI is InChI=1S/C17H16N8O3/c1-8-5-13(19-16(27)11-6-12(28-23-11)9-3-4-9)25(22-8)17-20-14-10(15(26)21-17)7-18-24(14)2/h5-7,9-10H,3-4H2,1-2H3,(H,19,27). The minimum Gasteiger partial charge on any atom is -0.360 e. The van der Waals surface area contributed by atoms with Crippen molar-refractivity contribution in [3.8, 4) is 0 Å². The molecule has 2 amide bonds. The number of nitrogens with one attached hydrogen (secondary N) is 1. The Bertz CT molecular complexity index is 1090. The second-order valence-corrected chi connectivity index (χ2v) is 6.91. The molecule has 142 valence electrons. The van der Waals surface area contributed by atoms with Crippen LogP contribution >= 0.6 is 0 Å². The minimum absolute atomic E-state index is 0.0656. The summed E-state index contributed by atoms with van der Waals surface area (Å²) in [5, 5.41) is 16.5. The molecule has 1 fully saturated rings. The average molecular weight is 380 g/mol.